The van der Waals surface area contributed by atoms with Gasteiger partial charge in [-0.25, -0.2) is 5.43 Å². The first-order valence-corrected chi connectivity index (χ1v) is 8.12. The largest absolute Gasteiger partial charge is 0.465 e. The Kier molecular flexibility index (Phi) is 6.92. The number of hydrazine groups is 1. The van der Waals surface area contributed by atoms with Crippen LogP contribution in [0.15, 0.2) is 67.2 Å². The van der Waals surface area contributed by atoms with Crippen molar-refractivity contribution in [2.45, 2.75) is 19.4 Å². The van der Waals surface area contributed by atoms with Crippen molar-refractivity contribution >= 4 is 17.4 Å². The van der Waals surface area contributed by atoms with Crippen LogP contribution in [0.1, 0.15) is 29.3 Å². The van der Waals surface area contributed by atoms with Crippen LogP contribution < -0.4 is 10.9 Å². The maximum Gasteiger partial charge on any atom is 0.325 e. The molecule has 0 saturated heterocycles. The first-order chi connectivity index (χ1) is 12.1. The Balaban J connectivity index is 2.02. The predicted molar refractivity (Wildman–Crippen MR) is 97.6 cm³/mol. The Bertz CT molecular complexity index is 714. The molecule has 1 amide bonds. The molecule has 1 unspecified atom stereocenters. The van der Waals surface area contributed by atoms with E-state index in [2.05, 4.69) is 17.4 Å². The fourth-order valence-electron chi connectivity index (χ4n) is 2.29. The number of esters is 1. The highest BCUT2D eigenvalue weighted by Gasteiger charge is 2.22. The number of nitrogens with one attached hydrogen (secondary N) is 2. The van der Waals surface area contributed by atoms with Crippen LogP contribution in [0.5, 0.6) is 0 Å². The van der Waals surface area contributed by atoms with E-state index in [9.17, 15) is 9.59 Å². The molecule has 0 bridgehead atoms. The molecule has 0 fully saturated rings. The van der Waals surface area contributed by atoms with E-state index in [0.717, 1.165) is 11.1 Å². The lowest BCUT2D eigenvalue weighted by Gasteiger charge is -2.19. The van der Waals surface area contributed by atoms with Gasteiger partial charge in [0.25, 0.3) is 5.91 Å². The Hall–Kier alpha value is -2.92. The molecular weight excluding hydrogens is 316 g/mol. The number of rotatable bonds is 8. The number of hydrogen-bond donors (Lipinski definition) is 2. The molecule has 2 aromatic carbocycles. The fourth-order valence-corrected chi connectivity index (χ4v) is 2.29. The van der Waals surface area contributed by atoms with Crippen LogP contribution >= 0.6 is 0 Å². The summed E-state index contributed by atoms with van der Waals surface area (Å²) < 4.78 is 5.08. The maximum absolute atomic E-state index is 12.2. The minimum Gasteiger partial charge on any atom is -0.465 e. The Morgan fingerprint density at radius 1 is 1.00 bits per heavy atom. The fraction of sp³-hybridized carbons (Fsp3) is 0.200. The summed E-state index contributed by atoms with van der Waals surface area (Å²) in [6.45, 7) is 6.04. The van der Waals surface area contributed by atoms with Gasteiger partial charge in [-0.1, -0.05) is 55.1 Å². The van der Waals surface area contributed by atoms with Gasteiger partial charge in [0, 0.05) is 12.0 Å². The average Bonchev–Trinajstić information content (AvgIpc) is 2.66. The van der Waals surface area contributed by atoms with Gasteiger partial charge in [0.05, 0.1) is 6.61 Å². The highest BCUT2D eigenvalue weighted by Crippen LogP contribution is 2.18. The molecule has 2 rings (SSSR count). The van der Waals surface area contributed by atoms with Crippen LogP contribution in [0.4, 0.5) is 0 Å². The van der Waals surface area contributed by atoms with Gasteiger partial charge in [-0.3, -0.25) is 15.0 Å². The monoisotopic (exact) mass is 338 g/mol. The number of ether oxygens (including phenoxy) is 1. The summed E-state index contributed by atoms with van der Waals surface area (Å²) >= 11 is 0. The van der Waals surface area contributed by atoms with Gasteiger partial charge < -0.3 is 4.74 Å². The van der Waals surface area contributed by atoms with Crippen LogP contribution in [-0.4, -0.2) is 24.5 Å². The molecule has 1 atom stereocenters. The molecule has 0 radical (unpaired) electrons. The van der Waals surface area contributed by atoms with Gasteiger partial charge in [-0.15, -0.1) is 0 Å². The SMILES string of the molecule is C=C(CC(NNC(=O)c1ccccc1)C(=O)OCC)c1ccccc1. The first-order valence-electron chi connectivity index (χ1n) is 8.12. The lowest BCUT2D eigenvalue weighted by atomic mass is 10.0. The summed E-state index contributed by atoms with van der Waals surface area (Å²) in [6, 6.07) is 17.6. The molecule has 5 nitrogen and oxygen atoms in total. The van der Waals surface area contributed by atoms with Crippen LogP contribution in [0.2, 0.25) is 0 Å². The zero-order valence-corrected chi connectivity index (χ0v) is 14.2. The molecule has 0 heterocycles. The van der Waals surface area contributed by atoms with Gasteiger partial charge in [-0.2, -0.15) is 0 Å². The van der Waals surface area contributed by atoms with E-state index in [1.807, 2.05) is 36.4 Å². The molecule has 2 aromatic rings. The number of carbonyl (C=O) groups excluding carboxylic acids is 2. The van der Waals surface area contributed by atoms with Gasteiger partial charge in [0.2, 0.25) is 0 Å². The summed E-state index contributed by atoms with van der Waals surface area (Å²) in [6.07, 6.45) is 0.317. The lowest BCUT2D eigenvalue weighted by molar-refractivity contribution is -0.145. The van der Waals surface area contributed by atoms with Crippen LogP contribution in [0.3, 0.4) is 0 Å². The van der Waals surface area contributed by atoms with Gasteiger partial charge in [0.15, 0.2) is 0 Å². The number of amides is 1. The summed E-state index contributed by atoms with van der Waals surface area (Å²) in [7, 11) is 0. The van der Waals surface area contributed by atoms with Crippen LogP contribution in [0.25, 0.3) is 5.57 Å². The van der Waals surface area contributed by atoms with Crippen LogP contribution in [0, 0.1) is 0 Å². The van der Waals surface area contributed by atoms with E-state index in [0.29, 0.717) is 12.0 Å². The van der Waals surface area contributed by atoms with E-state index < -0.39 is 12.0 Å². The summed E-state index contributed by atoms with van der Waals surface area (Å²) in [5, 5.41) is 0. The van der Waals surface area contributed by atoms with Crippen molar-refractivity contribution < 1.29 is 14.3 Å². The van der Waals surface area contributed by atoms with Crippen molar-refractivity contribution in [3.8, 4) is 0 Å². The quantitative estimate of drug-likeness (QED) is 0.574. The van der Waals surface area contributed by atoms with Gasteiger partial charge in [0.1, 0.15) is 6.04 Å². The number of hydrogen-bond acceptors (Lipinski definition) is 4. The topological polar surface area (TPSA) is 67.4 Å². The van der Waals surface area contributed by atoms with Gasteiger partial charge in [-0.05, 0) is 30.2 Å². The van der Waals surface area contributed by atoms with Crippen molar-refractivity contribution in [3.05, 3.63) is 78.4 Å². The summed E-state index contributed by atoms with van der Waals surface area (Å²) in [5.74, 6) is -0.756. The molecular formula is C20H22N2O3. The first kappa shape index (κ1) is 18.4. The Labute approximate surface area is 147 Å². The number of carbonyl (C=O) groups is 2. The van der Waals surface area contributed by atoms with Crippen molar-refractivity contribution in [2.24, 2.45) is 0 Å². The van der Waals surface area contributed by atoms with Crippen molar-refractivity contribution in [1.82, 2.24) is 10.9 Å². The third-order valence-electron chi connectivity index (χ3n) is 3.60. The molecule has 0 spiro atoms. The molecule has 0 saturated carbocycles. The van der Waals surface area contributed by atoms with E-state index in [4.69, 9.17) is 4.74 Å². The average molecular weight is 338 g/mol. The zero-order valence-electron chi connectivity index (χ0n) is 14.2. The normalized spacial score (nSPS) is 11.4. The van der Waals surface area contributed by atoms with E-state index in [-0.39, 0.29) is 12.5 Å². The standard InChI is InChI=1S/C20H22N2O3/c1-3-25-20(24)18(14-15(2)16-10-6-4-7-11-16)21-22-19(23)17-12-8-5-9-13-17/h4-13,18,21H,2-3,14H2,1H3,(H,22,23). The molecule has 25 heavy (non-hydrogen) atoms. The van der Waals surface area contributed by atoms with Crippen molar-refractivity contribution in [3.63, 3.8) is 0 Å². The molecule has 130 valence electrons. The summed E-state index contributed by atoms with van der Waals surface area (Å²) in [5.41, 5.74) is 7.55. The highest BCUT2D eigenvalue weighted by molar-refractivity contribution is 5.94. The smallest absolute Gasteiger partial charge is 0.325 e. The minimum atomic E-state index is -0.722. The zero-order chi connectivity index (χ0) is 18.1. The third kappa shape index (κ3) is 5.58. The predicted octanol–water partition coefficient (Wildman–Crippen LogP) is 2.96. The van der Waals surface area contributed by atoms with Gasteiger partial charge >= 0.3 is 5.97 Å². The molecule has 5 heteroatoms. The van der Waals surface area contributed by atoms with Crippen LogP contribution in [-0.2, 0) is 9.53 Å². The van der Waals surface area contributed by atoms with Crippen molar-refractivity contribution in [2.75, 3.05) is 6.61 Å². The third-order valence-corrected chi connectivity index (χ3v) is 3.60. The van der Waals surface area contributed by atoms with Crippen molar-refractivity contribution in [1.29, 1.82) is 0 Å². The molecule has 0 aliphatic carbocycles. The highest BCUT2D eigenvalue weighted by atomic mass is 16.5. The molecule has 0 aliphatic heterocycles. The second-order valence-corrected chi connectivity index (χ2v) is 5.44. The minimum absolute atomic E-state index is 0.265. The Morgan fingerprint density at radius 2 is 1.56 bits per heavy atom. The second-order valence-electron chi connectivity index (χ2n) is 5.44. The van der Waals surface area contributed by atoms with E-state index >= 15 is 0 Å². The molecule has 0 aliphatic rings. The Morgan fingerprint density at radius 3 is 2.12 bits per heavy atom. The second kappa shape index (κ2) is 9.39. The van der Waals surface area contributed by atoms with E-state index in [1.54, 1.807) is 31.2 Å². The number of benzene rings is 2. The maximum atomic E-state index is 12.2. The molecule has 0 aromatic heterocycles. The lowest BCUT2D eigenvalue weighted by Crippen LogP contribution is -2.48. The van der Waals surface area contributed by atoms with E-state index in [1.165, 1.54) is 0 Å². The molecule has 2 N–H and O–H groups in total. The summed E-state index contributed by atoms with van der Waals surface area (Å²) in [4.78, 5) is 24.3.